The number of hydrogen-bond acceptors (Lipinski definition) is 4. The van der Waals surface area contributed by atoms with E-state index in [1.807, 2.05) is 0 Å². The van der Waals surface area contributed by atoms with E-state index in [9.17, 15) is 22.8 Å². The van der Waals surface area contributed by atoms with Crippen molar-refractivity contribution >= 4 is 34.8 Å². The number of hydrogen-bond donors (Lipinski definition) is 2. The lowest BCUT2D eigenvalue weighted by Crippen LogP contribution is -2.24. The molecule has 0 radical (unpaired) electrons. The molecule has 6 nitrogen and oxygen atoms in total. The van der Waals surface area contributed by atoms with E-state index in [1.165, 1.54) is 14.0 Å². The number of benzene rings is 1. The van der Waals surface area contributed by atoms with Crippen LogP contribution in [0.3, 0.4) is 0 Å². The Morgan fingerprint density at radius 3 is 2.54 bits per heavy atom. The third kappa shape index (κ3) is 6.55. The summed E-state index contributed by atoms with van der Waals surface area (Å²) in [4.78, 5) is 23.0. The number of halogens is 4. The molecule has 1 aromatic rings. The Morgan fingerprint density at radius 1 is 1.29 bits per heavy atom. The van der Waals surface area contributed by atoms with Crippen molar-refractivity contribution in [1.29, 1.82) is 0 Å². The van der Waals surface area contributed by atoms with Crippen LogP contribution >= 0.6 is 11.6 Å². The average Bonchev–Trinajstić information content (AvgIpc) is 2.46. The van der Waals surface area contributed by atoms with Gasteiger partial charge in [-0.25, -0.2) is 5.43 Å². The molecule has 132 valence electrons. The van der Waals surface area contributed by atoms with Crippen LogP contribution in [-0.2, 0) is 20.5 Å². The molecule has 0 unspecified atom stereocenters. The Morgan fingerprint density at radius 2 is 1.96 bits per heavy atom. The molecule has 0 aliphatic rings. The lowest BCUT2D eigenvalue weighted by molar-refractivity contribution is -0.137. The first kappa shape index (κ1) is 19.9. The minimum atomic E-state index is -4.55. The zero-order valence-corrected chi connectivity index (χ0v) is 13.6. The second-order valence-corrected chi connectivity index (χ2v) is 5.14. The van der Waals surface area contributed by atoms with Crippen molar-refractivity contribution in [3.05, 3.63) is 28.8 Å². The van der Waals surface area contributed by atoms with Gasteiger partial charge in [-0.3, -0.25) is 9.59 Å². The molecule has 0 saturated heterocycles. The molecule has 0 spiro atoms. The first-order chi connectivity index (χ1) is 11.1. The van der Waals surface area contributed by atoms with Gasteiger partial charge >= 0.3 is 6.18 Å². The average molecular weight is 366 g/mol. The van der Waals surface area contributed by atoms with Crippen molar-refractivity contribution in [2.24, 2.45) is 5.10 Å². The van der Waals surface area contributed by atoms with E-state index in [1.54, 1.807) is 0 Å². The molecule has 2 amide bonds. The summed E-state index contributed by atoms with van der Waals surface area (Å²) in [5.74, 6) is -1.13. The predicted molar refractivity (Wildman–Crippen MR) is 82.8 cm³/mol. The van der Waals surface area contributed by atoms with Crippen LogP contribution in [0.15, 0.2) is 23.3 Å². The molecule has 0 fully saturated rings. The highest BCUT2D eigenvalue weighted by Gasteiger charge is 2.31. The van der Waals surface area contributed by atoms with Gasteiger partial charge < -0.3 is 10.1 Å². The number of alkyl halides is 3. The van der Waals surface area contributed by atoms with Crippen LogP contribution in [0.25, 0.3) is 0 Å². The Labute approximate surface area is 141 Å². The van der Waals surface area contributed by atoms with Crippen LogP contribution in [0.2, 0.25) is 5.02 Å². The van der Waals surface area contributed by atoms with E-state index in [-0.39, 0.29) is 29.4 Å². The monoisotopic (exact) mass is 365 g/mol. The minimum absolute atomic E-state index is 0.0284. The molecule has 2 N–H and O–H groups in total. The van der Waals surface area contributed by atoms with Gasteiger partial charge in [-0.1, -0.05) is 11.6 Å². The first-order valence-corrected chi connectivity index (χ1v) is 6.98. The van der Waals surface area contributed by atoms with E-state index in [4.69, 9.17) is 11.6 Å². The molecule has 0 bridgehead atoms. The van der Waals surface area contributed by atoms with Crippen LogP contribution in [-0.4, -0.2) is 31.2 Å². The number of nitrogens with one attached hydrogen (secondary N) is 2. The zero-order chi connectivity index (χ0) is 18.3. The Balaban J connectivity index is 2.71. The van der Waals surface area contributed by atoms with Gasteiger partial charge in [0.2, 0.25) is 5.91 Å². The summed E-state index contributed by atoms with van der Waals surface area (Å²) in [5, 5.41) is 5.92. The fourth-order valence-electron chi connectivity index (χ4n) is 1.58. The fraction of sp³-hybridized carbons (Fsp3) is 0.357. The second kappa shape index (κ2) is 8.65. The lowest BCUT2D eigenvalue weighted by atomic mass is 10.2. The molecule has 10 heteroatoms. The first-order valence-electron chi connectivity index (χ1n) is 6.61. The number of ether oxygens (including phenoxy) is 1. The van der Waals surface area contributed by atoms with Gasteiger partial charge in [0.25, 0.3) is 5.91 Å². The van der Waals surface area contributed by atoms with Gasteiger partial charge in [-0.15, -0.1) is 0 Å². The summed E-state index contributed by atoms with van der Waals surface area (Å²) in [7, 11) is 1.34. The molecule has 1 rings (SSSR count). The van der Waals surface area contributed by atoms with Gasteiger partial charge in [0, 0.05) is 12.8 Å². The minimum Gasteiger partial charge on any atom is -0.375 e. The Bertz CT molecular complexity index is 648. The number of nitrogens with zero attached hydrogens (tertiary/aromatic N) is 1. The maximum atomic E-state index is 12.7. The highest BCUT2D eigenvalue weighted by molar-refractivity contribution is 6.33. The van der Waals surface area contributed by atoms with Gasteiger partial charge in [-0.2, -0.15) is 18.3 Å². The quantitative estimate of drug-likeness (QED) is 0.601. The Kier molecular flexibility index (Phi) is 7.18. The molecule has 0 atom stereocenters. The predicted octanol–water partition coefficient (Wildman–Crippen LogP) is 2.83. The fourth-order valence-corrected chi connectivity index (χ4v) is 1.75. The SMILES string of the molecule is COCC(=O)N/N=C(\C)CC(=O)Nc1cc(C(F)(F)F)ccc1Cl. The highest BCUT2D eigenvalue weighted by atomic mass is 35.5. The smallest absolute Gasteiger partial charge is 0.375 e. The Hall–Kier alpha value is -2.13. The van der Waals surface area contributed by atoms with Gasteiger partial charge in [-0.05, 0) is 25.1 Å². The van der Waals surface area contributed by atoms with Crippen molar-refractivity contribution in [1.82, 2.24) is 5.43 Å². The molecule has 0 aliphatic heterocycles. The van der Waals surface area contributed by atoms with E-state index in [2.05, 4.69) is 20.6 Å². The number of hydrazone groups is 1. The number of methoxy groups -OCH3 is 1. The molecule has 1 aromatic carbocycles. The number of rotatable bonds is 6. The molecule has 0 saturated carbocycles. The normalized spacial score (nSPS) is 12.0. The number of amides is 2. The van der Waals surface area contributed by atoms with Crippen molar-refractivity contribution in [3.8, 4) is 0 Å². The molecule has 0 aliphatic carbocycles. The van der Waals surface area contributed by atoms with Gasteiger partial charge in [0.05, 0.1) is 22.7 Å². The second-order valence-electron chi connectivity index (χ2n) is 4.73. The van der Waals surface area contributed by atoms with Crippen LogP contribution < -0.4 is 10.7 Å². The summed E-state index contributed by atoms with van der Waals surface area (Å²) >= 11 is 5.78. The topological polar surface area (TPSA) is 79.8 Å². The van der Waals surface area contributed by atoms with E-state index < -0.39 is 23.6 Å². The largest absolute Gasteiger partial charge is 0.416 e. The number of carbonyl (C=O) groups excluding carboxylic acids is 2. The summed E-state index contributed by atoms with van der Waals surface area (Å²) in [6.07, 6.45) is -4.78. The van der Waals surface area contributed by atoms with Crippen molar-refractivity contribution in [2.45, 2.75) is 19.5 Å². The molecular weight excluding hydrogens is 351 g/mol. The van der Waals surface area contributed by atoms with E-state index >= 15 is 0 Å². The van der Waals surface area contributed by atoms with Crippen molar-refractivity contribution in [2.75, 3.05) is 19.0 Å². The van der Waals surface area contributed by atoms with Crippen LogP contribution in [0.1, 0.15) is 18.9 Å². The van der Waals surface area contributed by atoms with Crippen LogP contribution in [0.5, 0.6) is 0 Å². The van der Waals surface area contributed by atoms with Crippen LogP contribution in [0.4, 0.5) is 18.9 Å². The molecule has 24 heavy (non-hydrogen) atoms. The third-order valence-electron chi connectivity index (χ3n) is 2.63. The maximum absolute atomic E-state index is 12.7. The molecule has 0 aromatic heterocycles. The summed E-state index contributed by atoms with van der Waals surface area (Å²) < 4.78 is 42.6. The summed E-state index contributed by atoms with van der Waals surface area (Å²) in [6, 6.07) is 2.61. The summed E-state index contributed by atoms with van der Waals surface area (Å²) in [6.45, 7) is 1.28. The number of anilines is 1. The number of carbonyl (C=O) groups is 2. The third-order valence-corrected chi connectivity index (χ3v) is 2.96. The van der Waals surface area contributed by atoms with Crippen molar-refractivity contribution < 1.29 is 27.5 Å². The van der Waals surface area contributed by atoms with Gasteiger partial charge in [0.1, 0.15) is 6.61 Å². The highest BCUT2D eigenvalue weighted by Crippen LogP contribution is 2.33. The lowest BCUT2D eigenvalue weighted by Gasteiger charge is -2.11. The van der Waals surface area contributed by atoms with Crippen molar-refractivity contribution in [3.63, 3.8) is 0 Å². The summed E-state index contributed by atoms with van der Waals surface area (Å²) in [5.41, 5.74) is 1.32. The van der Waals surface area contributed by atoms with E-state index in [0.29, 0.717) is 0 Å². The standard InChI is InChI=1S/C14H15ClF3N3O3/c1-8(20-21-13(23)7-24-2)5-12(22)19-11-6-9(14(16,17)18)3-4-10(11)15/h3-4,6H,5,7H2,1-2H3,(H,19,22)(H,21,23)/b20-8+. The van der Waals surface area contributed by atoms with E-state index in [0.717, 1.165) is 18.2 Å². The molecule has 0 heterocycles. The zero-order valence-electron chi connectivity index (χ0n) is 12.8. The maximum Gasteiger partial charge on any atom is 0.416 e. The molecular formula is C14H15ClF3N3O3. The van der Waals surface area contributed by atoms with Gasteiger partial charge in [0.15, 0.2) is 0 Å². The van der Waals surface area contributed by atoms with Crippen LogP contribution in [0, 0.1) is 0 Å².